The predicted octanol–water partition coefficient (Wildman–Crippen LogP) is 1.75. The zero-order valence-corrected chi connectivity index (χ0v) is 8.71. The van der Waals surface area contributed by atoms with E-state index in [9.17, 15) is 0 Å². The minimum Gasteiger partial charge on any atom is -0.374 e. The smallest absolute Gasteiger partial charge is 0.0743 e. The van der Waals surface area contributed by atoms with Crippen molar-refractivity contribution in [2.75, 3.05) is 20.1 Å². The van der Waals surface area contributed by atoms with E-state index in [4.69, 9.17) is 4.74 Å². The molecule has 0 aromatic rings. The highest BCUT2D eigenvalue weighted by Crippen LogP contribution is 2.19. The average molecular weight is 171 g/mol. The maximum absolute atomic E-state index is 5.90. The second-order valence-electron chi connectivity index (χ2n) is 4.09. The van der Waals surface area contributed by atoms with Gasteiger partial charge < -0.3 is 9.64 Å². The van der Waals surface area contributed by atoms with Gasteiger partial charge in [-0.3, -0.25) is 0 Å². The summed E-state index contributed by atoms with van der Waals surface area (Å²) in [5.74, 6) is 0.698. The Hall–Kier alpha value is -0.0800. The zero-order valence-electron chi connectivity index (χ0n) is 8.71. The van der Waals surface area contributed by atoms with Gasteiger partial charge in [-0.2, -0.15) is 0 Å². The molecule has 1 rings (SSSR count). The van der Waals surface area contributed by atoms with Crippen molar-refractivity contribution in [2.45, 2.75) is 39.4 Å². The first kappa shape index (κ1) is 10.0. The molecule has 2 nitrogen and oxygen atoms in total. The second-order valence-corrected chi connectivity index (χ2v) is 4.09. The first-order chi connectivity index (χ1) is 5.63. The fraction of sp³-hybridized carbons (Fsp3) is 1.00. The minimum absolute atomic E-state index is 0.420. The summed E-state index contributed by atoms with van der Waals surface area (Å²) in [5.41, 5.74) is 0. The van der Waals surface area contributed by atoms with Crippen LogP contribution in [0.4, 0.5) is 0 Å². The van der Waals surface area contributed by atoms with Gasteiger partial charge in [-0.1, -0.05) is 13.8 Å². The van der Waals surface area contributed by atoms with Gasteiger partial charge in [0.25, 0.3) is 0 Å². The van der Waals surface area contributed by atoms with E-state index in [2.05, 4.69) is 32.7 Å². The van der Waals surface area contributed by atoms with Gasteiger partial charge in [0, 0.05) is 13.1 Å². The molecule has 0 amide bonds. The highest BCUT2D eigenvalue weighted by molar-refractivity contribution is 4.80. The van der Waals surface area contributed by atoms with Crippen molar-refractivity contribution in [3.8, 4) is 0 Å². The molecule has 1 unspecified atom stereocenters. The molecule has 1 aliphatic heterocycles. The summed E-state index contributed by atoms with van der Waals surface area (Å²) in [6.45, 7) is 8.89. The molecule has 3 atom stereocenters. The number of ether oxygens (including phenoxy) is 1. The molecule has 72 valence electrons. The van der Waals surface area contributed by atoms with Gasteiger partial charge in [-0.15, -0.1) is 0 Å². The first-order valence-electron chi connectivity index (χ1n) is 4.97. The van der Waals surface area contributed by atoms with Gasteiger partial charge in [0.15, 0.2) is 0 Å². The standard InChI is InChI=1S/C10H21NO/c1-5-9(3)12-10-7-11(4)6-8(10)2/h8-10H,5-7H2,1-4H3/t8-,9?,10-/m0/s1. The summed E-state index contributed by atoms with van der Waals surface area (Å²) in [5, 5.41) is 0. The van der Waals surface area contributed by atoms with Crippen LogP contribution < -0.4 is 0 Å². The van der Waals surface area contributed by atoms with Crippen molar-refractivity contribution in [1.82, 2.24) is 4.90 Å². The van der Waals surface area contributed by atoms with Gasteiger partial charge in [-0.05, 0) is 26.3 Å². The topological polar surface area (TPSA) is 12.5 Å². The van der Waals surface area contributed by atoms with Crippen LogP contribution in [0.5, 0.6) is 0 Å². The fourth-order valence-corrected chi connectivity index (χ4v) is 1.74. The maximum Gasteiger partial charge on any atom is 0.0743 e. The van der Waals surface area contributed by atoms with Gasteiger partial charge in [0.1, 0.15) is 0 Å². The van der Waals surface area contributed by atoms with Crippen molar-refractivity contribution >= 4 is 0 Å². The van der Waals surface area contributed by atoms with Gasteiger partial charge in [-0.25, -0.2) is 0 Å². The van der Waals surface area contributed by atoms with Crippen LogP contribution in [-0.4, -0.2) is 37.2 Å². The first-order valence-corrected chi connectivity index (χ1v) is 4.97. The molecule has 0 N–H and O–H groups in total. The van der Waals surface area contributed by atoms with E-state index in [1.54, 1.807) is 0 Å². The summed E-state index contributed by atoms with van der Waals surface area (Å²) in [7, 11) is 2.16. The molecular weight excluding hydrogens is 150 g/mol. The lowest BCUT2D eigenvalue weighted by atomic mass is 10.1. The Labute approximate surface area is 75.9 Å². The van der Waals surface area contributed by atoms with Crippen LogP contribution in [0.3, 0.4) is 0 Å². The van der Waals surface area contributed by atoms with Crippen molar-refractivity contribution in [1.29, 1.82) is 0 Å². The summed E-state index contributed by atoms with van der Waals surface area (Å²) in [4.78, 5) is 2.34. The van der Waals surface area contributed by atoms with Crippen molar-refractivity contribution in [3.63, 3.8) is 0 Å². The lowest BCUT2D eigenvalue weighted by Crippen LogP contribution is -2.25. The Morgan fingerprint density at radius 3 is 2.58 bits per heavy atom. The number of hydrogen-bond donors (Lipinski definition) is 0. The van der Waals surface area contributed by atoms with Gasteiger partial charge in [0.05, 0.1) is 12.2 Å². The Morgan fingerprint density at radius 1 is 1.50 bits per heavy atom. The van der Waals surface area contributed by atoms with E-state index >= 15 is 0 Å². The largest absolute Gasteiger partial charge is 0.374 e. The molecule has 0 bridgehead atoms. The van der Waals surface area contributed by atoms with E-state index in [0.717, 1.165) is 13.0 Å². The molecular formula is C10H21NO. The van der Waals surface area contributed by atoms with Crippen LogP contribution in [0.2, 0.25) is 0 Å². The molecule has 1 saturated heterocycles. The Balaban J connectivity index is 2.32. The van der Waals surface area contributed by atoms with Crippen molar-refractivity contribution in [3.05, 3.63) is 0 Å². The van der Waals surface area contributed by atoms with Crippen LogP contribution in [0.1, 0.15) is 27.2 Å². The molecule has 0 aromatic heterocycles. The summed E-state index contributed by atoms with van der Waals surface area (Å²) in [6, 6.07) is 0. The maximum atomic E-state index is 5.90. The molecule has 1 fully saturated rings. The highest BCUT2D eigenvalue weighted by Gasteiger charge is 2.28. The quantitative estimate of drug-likeness (QED) is 0.641. The Morgan fingerprint density at radius 2 is 2.17 bits per heavy atom. The third-order valence-corrected chi connectivity index (χ3v) is 2.71. The third kappa shape index (κ3) is 2.46. The molecule has 0 saturated carbocycles. The van der Waals surface area contributed by atoms with Gasteiger partial charge >= 0.3 is 0 Å². The number of rotatable bonds is 3. The van der Waals surface area contributed by atoms with Crippen LogP contribution in [0, 0.1) is 5.92 Å². The number of hydrogen-bond acceptors (Lipinski definition) is 2. The van der Waals surface area contributed by atoms with E-state index in [-0.39, 0.29) is 0 Å². The Kier molecular flexibility index (Phi) is 3.53. The van der Waals surface area contributed by atoms with Gasteiger partial charge in [0.2, 0.25) is 0 Å². The monoisotopic (exact) mass is 171 g/mol. The third-order valence-electron chi connectivity index (χ3n) is 2.71. The van der Waals surface area contributed by atoms with E-state index in [0.29, 0.717) is 18.1 Å². The molecule has 0 aliphatic carbocycles. The van der Waals surface area contributed by atoms with Crippen LogP contribution in [0.15, 0.2) is 0 Å². The SMILES string of the molecule is CCC(C)O[C@H]1CN(C)C[C@@H]1C. The second kappa shape index (κ2) is 4.24. The molecule has 0 spiro atoms. The summed E-state index contributed by atoms with van der Waals surface area (Å²) in [6.07, 6.45) is 2.00. The fourth-order valence-electron chi connectivity index (χ4n) is 1.74. The summed E-state index contributed by atoms with van der Waals surface area (Å²) < 4.78 is 5.90. The number of likely N-dealkylation sites (tertiary alicyclic amines) is 1. The average Bonchev–Trinajstić information content (AvgIpc) is 2.30. The van der Waals surface area contributed by atoms with Crippen molar-refractivity contribution in [2.24, 2.45) is 5.92 Å². The van der Waals surface area contributed by atoms with Crippen LogP contribution in [0.25, 0.3) is 0 Å². The number of likely N-dealkylation sites (N-methyl/N-ethyl adjacent to an activating group) is 1. The lowest BCUT2D eigenvalue weighted by Gasteiger charge is -2.20. The Bertz CT molecular complexity index is 138. The van der Waals surface area contributed by atoms with Crippen LogP contribution >= 0.6 is 0 Å². The lowest BCUT2D eigenvalue weighted by molar-refractivity contribution is -0.0142. The van der Waals surface area contributed by atoms with E-state index in [1.807, 2.05) is 0 Å². The minimum atomic E-state index is 0.420. The summed E-state index contributed by atoms with van der Waals surface area (Å²) >= 11 is 0. The molecule has 0 radical (unpaired) electrons. The molecule has 1 heterocycles. The van der Waals surface area contributed by atoms with E-state index < -0.39 is 0 Å². The van der Waals surface area contributed by atoms with E-state index in [1.165, 1.54) is 6.54 Å². The van der Waals surface area contributed by atoms with Crippen LogP contribution in [-0.2, 0) is 4.74 Å². The molecule has 12 heavy (non-hydrogen) atoms. The highest BCUT2D eigenvalue weighted by atomic mass is 16.5. The molecule has 1 aliphatic rings. The number of nitrogens with zero attached hydrogens (tertiary/aromatic N) is 1. The zero-order chi connectivity index (χ0) is 9.14. The predicted molar refractivity (Wildman–Crippen MR) is 51.3 cm³/mol. The molecule has 2 heteroatoms. The van der Waals surface area contributed by atoms with Crippen molar-refractivity contribution < 1.29 is 4.74 Å². The molecule has 0 aromatic carbocycles. The normalized spacial score (nSPS) is 34.0.